The normalized spacial score (nSPS) is 21.3. The van der Waals surface area contributed by atoms with E-state index in [0.717, 1.165) is 32.5 Å². The minimum atomic E-state index is -0.570. The second-order valence-electron chi connectivity index (χ2n) is 13.8. The minimum absolute atomic E-state index is 0.110. The number of esters is 3. The monoisotopic (exact) mass is 656 g/mol. The molecule has 4 aliphatic rings. The van der Waals surface area contributed by atoms with Crippen molar-refractivity contribution >= 4 is 17.9 Å². The van der Waals surface area contributed by atoms with Crippen molar-refractivity contribution in [1.29, 1.82) is 0 Å². The SMILES string of the molecule is C1CCNCC1.C=C(C)C(=O)OCC1CO1.CCC(C)(C)C(=O)OCC(O)CN1CCCCC1.CCC(C)(C)C(=O)OCC1CO1. The molecule has 0 saturated carbocycles. The average molecular weight is 657 g/mol. The Morgan fingerprint density at radius 3 is 1.67 bits per heavy atom. The maximum absolute atomic E-state index is 11.7. The topological polar surface area (TPSA) is 139 Å². The van der Waals surface area contributed by atoms with E-state index in [2.05, 4.69) is 16.8 Å². The molecular formula is C35H64N2O9. The number of likely N-dealkylation sites (tertiary alicyclic amines) is 1. The number of hydrogen-bond donors (Lipinski definition) is 2. The summed E-state index contributed by atoms with van der Waals surface area (Å²) in [5.74, 6) is -0.682. The van der Waals surface area contributed by atoms with Gasteiger partial charge in [0.05, 0.1) is 24.0 Å². The van der Waals surface area contributed by atoms with E-state index < -0.39 is 11.5 Å². The zero-order valence-corrected chi connectivity index (χ0v) is 29.8. The molecule has 3 atom stereocenters. The first-order valence-electron chi connectivity index (χ1n) is 17.2. The molecule has 0 aliphatic carbocycles. The second kappa shape index (κ2) is 22.5. The zero-order valence-electron chi connectivity index (χ0n) is 29.8. The van der Waals surface area contributed by atoms with Crippen molar-refractivity contribution in [3.8, 4) is 0 Å². The fourth-order valence-corrected chi connectivity index (χ4v) is 3.93. The van der Waals surface area contributed by atoms with Gasteiger partial charge in [-0.1, -0.05) is 33.3 Å². The number of nitrogens with one attached hydrogen (secondary N) is 1. The number of aliphatic hydroxyl groups is 1. The Morgan fingerprint density at radius 2 is 1.28 bits per heavy atom. The molecule has 4 saturated heterocycles. The van der Waals surface area contributed by atoms with Gasteiger partial charge in [-0.25, -0.2) is 4.79 Å². The van der Waals surface area contributed by atoms with Gasteiger partial charge in [-0.15, -0.1) is 0 Å². The predicted molar refractivity (Wildman–Crippen MR) is 178 cm³/mol. The Kier molecular flexibility index (Phi) is 20.5. The highest BCUT2D eigenvalue weighted by Crippen LogP contribution is 2.23. The van der Waals surface area contributed by atoms with Crippen LogP contribution in [0.1, 0.15) is 99.8 Å². The van der Waals surface area contributed by atoms with Crippen LogP contribution >= 0.6 is 0 Å². The van der Waals surface area contributed by atoms with Gasteiger partial charge in [0.1, 0.15) is 38.1 Å². The summed E-state index contributed by atoms with van der Waals surface area (Å²) in [4.78, 5) is 36.0. The molecule has 46 heavy (non-hydrogen) atoms. The summed E-state index contributed by atoms with van der Waals surface area (Å²) >= 11 is 0. The van der Waals surface area contributed by atoms with Crippen LogP contribution in [0.4, 0.5) is 0 Å². The van der Waals surface area contributed by atoms with Crippen LogP contribution in [0.15, 0.2) is 12.2 Å². The number of carbonyl (C=O) groups excluding carboxylic acids is 3. The summed E-state index contributed by atoms with van der Waals surface area (Å²) in [6, 6.07) is 0. The van der Waals surface area contributed by atoms with Crippen LogP contribution in [-0.4, -0.2) is 112 Å². The number of nitrogens with zero attached hydrogens (tertiary/aromatic N) is 1. The number of aliphatic hydroxyl groups excluding tert-OH is 1. The quantitative estimate of drug-likeness (QED) is 0.126. The van der Waals surface area contributed by atoms with E-state index in [1.54, 1.807) is 6.92 Å². The number of epoxide rings is 2. The van der Waals surface area contributed by atoms with Gasteiger partial charge in [-0.3, -0.25) is 9.59 Å². The lowest BCUT2D eigenvalue weighted by molar-refractivity contribution is -0.157. The number of hydrogen-bond acceptors (Lipinski definition) is 11. The van der Waals surface area contributed by atoms with Crippen molar-refractivity contribution in [3.63, 3.8) is 0 Å². The highest BCUT2D eigenvalue weighted by Gasteiger charge is 2.31. The molecule has 3 unspecified atom stereocenters. The molecule has 0 aromatic heterocycles. The van der Waals surface area contributed by atoms with Crippen molar-refractivity contribution in [1.82, 2.24) is 10.2 Å². The first-order chi connectivity index (χ1) is 21.7. The molecule has 11 nitrogen and oxygen atoms in total. The van der Waals surface area contributed by atoms with Gasteiger partial charge in [-0.05, 0) is 99.3 Å². The van der Waals surface area contributed by atoms with Gasteiger partial charge in [0.2, 0.25) is 0 Å². The molecule has 2 N–H and O–H groups in total. The second-order valence-corrected chi connectivity index (χ2v) is 13.8. The first-order valence-corrected chi connectivity index (χ1v) is 17.2. The van der Waals surface area contributed by atoms with Gasteiger partial charge < -0.3 is 39.0 Å². The van der Waals surface area contributed by atoms with Crippen molar-refractivity contribution in [2.24, 2.45) is 10.8 Å². The lowest BCUT2D eigenvalue weighted by Gasteiger charge is -2.28. The summed E-state index contributed by atoms with van der Waals surface area (Å²) in [5, 5.41) is 13.2. The van der Waals surface area contributed by atoms with E-state index in [0.29, 0.717) is 31.9 Å². The van der Waals surface area contributed by atoms with Crippen LogP contribution in [0.3, 0.4) is 0 Å². The Balaban J connectivity index is 0.000000327. The summed E-state index contributed by atoms with van der Waals surface area (Å²) in [7, 11) is 0. The van der Waals surface area contributed by atoms with Crippen LogP contribution in [-0.2, 0) is 38.1 Å². The standard InChI is InChI=1S/C14H27NO3.C9H16O3.C7H10O3.C5H11N/c1-4-14(2,3)13(17)18-11-12(16)10-15-8-6-5-7-9-15;1-4-9(2,3)8(10)12-6-7-5-11-7;1-5(2)7(8)10-4-6-3-9-6;1-2-4-6-5-3-1/h12,16H,4-11H2,1-3H3;7H,4-6H2,1-3H3;6H,1,3-4H2,2H3;6H,1-5H2. The third-order valence-corrected chi connectivity index (χ3v) is 8.36. The van der Waals surface area contributed by atoms with Gasteiger partial charge in [0.15, 0.2) is 0 Å². The summed E-state index contributed by atoms with van der Waals surface area (Å²) < 4.78 is 24.8. The molecule has 11 heteroatoms. The molecule has 4 heterocycles. The molecule has 4 rings (SSSR count). The maximum atomic E-state index is 11.7. The highest BCUT2D eigenvalue weighted by atomic mass is 16.6. The Hall–Kier alpha value is -2.05. The summed E-state index contributed by atoms with van der Waals surface area (Å²) in [5.41, 5.74) is -0.375. The van der Waals surface area contributed by atoms with Crippen LogP contribution in [0.2, 0.25) is 0 Å². The molecule has 268 valence electrons. The molecule has 0 radical (unpaired) electrons. The molecule has 0 aromatic rings. The summed E-state index contributed by atoms with van der Waals surface area (Å²) in [6.07, 6.45) is 9.19. The fourth-order valence-electron chi connectivity index (χ4n) is 3.93. The third-order valence-electron chi connectivity index (χ3n) is 8.36. The zero-order chi connectivity index (χ0) is 34.6. The molecule has 0 amide bonds. The van der Waals surface area contributed by atoms with Crippen LogP contribution in [0, 0.1) is 10.8 Å². The highest BCUT2D eigenvalue weighted by molar-refractivity contribution is 5.86. The number of piperidine rings is 2. The number of ether oxygens (including phenoxy) is 5. The van der Waals surface area contributed by atoms with E-state index >= 15 is 0 Å². The van der Waals surface area contributed by atoms with Crippen molar-refractivity contribution in [3.05, 3.63) is 12.2 Å². The molecule has 0 aromatic carbocycles. The largest absolute Gasteiger partial charge is 0.462 e. The molecule has 4 fully saturated rings. The van der Waals surface area contributed by atoms with Crippen molar-refractivity contribution in [2.75, 3.05) is 65.8 Å². The van der Waals surface area contributed by atoms with E-state index in [9.17, 15) is 19.5 Å². The summed E-state index contributed by atoms with van der Waals surface area (Å²) in [6.45, 7) is 24.1. The van der Waals surface area contributed by atoms with Crippen molar-refractivity contribution in [2.45, 2.75) is 118 Å². The number of β-amino-alcohol motifs (C(OH)–C–C–N with tert-alkyl or cyclic N) is 1. The molecule has 4 aliphatic heterocycles. The maximum Gasteiger partial charge on any atom is 0.333 e. The minimum Gasteiger partial charge on any atom is -0.462 e. The van der Waals surface area contributed by atoms with Crippen LogP contribution in [0.5, 0.6) is 0 Å². The van der Waals surface area contributed by atoms with Gasteiger partial charge in [0, 0.05) is 12.1 Å². The lowest BCUT2D eigenvalue weighted by Crippen LogP contribution is -2.39. The van der Waals surface area contributed by atoms with E-state index in [4.69, 9.17) is 23.7 Å². The average Bonchev–Trinajstić information content (AvgIpc) is 3.99. The Labute approximate surface area is 278 Å². The first kappa shape index (κ1) is 42.0. The lowest BCUT2D eigenvalue weighted by atomic mass is 9.91. The number of carbonyl (C=O) groups is 3. The predicted octanol–water partition coefficient (Wildman–Crippen LogP) is 4.44. The van der Waals surface area contributed by atoms with Gasteiger partial charge in [0.25, 0.3) is 0 Å². The Bertz CT molecular complexity index is 879. The van der Waals surface area contributed by atoms with Crippen molar-refractivity contribution < 1.29 is 43.2 Å². The van der Waals surface area contributed by atoms with Crippen LogP contribution in [0.25, 0.3) is 0 Å². The molecule has 0 bridgehead atoms. The Morgan fingerprint density at radius 1 is 0.826 bits per heavy atom. The molecule has 0 spiro atoms. The van der Waals surface area contributed by atoms with Gasteiger partial charge in [-0.2, -0.15) is 0 Å². The van der Waals surface area contributed by atoms with Gasteiger partial charge >= 0.3 is 17.9 Å². The van der Waals surface area contributed by atoms with E-state index in [1.807, 2.05) is 41.5 Å². The smallest absolute Gasteiger partial charge is 0.333 e. The molecular weight excluding hydrogens is 592 g/mol. The van der Waals surface area contributed by atoms with E-state index in [1.165, 1.54) is 51.6 Å². The fraction of sp³-hybridized carbons (Fsp3) is 0.857. The van der Waals surface area contributed by atoms with Crippen LogP contribution < -0.4 is 5.32 Å². The third kappa shape index (κ3) is 20.2. The number of rotatable bonds is 13. The van der Waals surface area contributed by atoms with E-state index in [-0.39, 0.29) is 42.1 Å².